The van der Waals surface area contributed by atoms with Gasteiger partial charge in [0, 0.05) is 21.4 Å². The number of rotatable bonds is 5. The average molecular weight is 546 g/mol. The first kappa shape index (κ1) is 24.2. The number of halogens is 1. The summed E-state index contributed by atoms with van der Waals surface area (Å²) in [6.07, 6.45) is 0. The van der Waals surface area contributed by atoms with E-state index in [0.717, 1.165) is 32.8 Å². The minimum Gasteiger partial charge on any atom is -0.294 e. The number of carbonyl (C=O) groups excluding carboxylic acids is 1. The maximum Gasteiger partial charge on any atom is 0.354 e. The lowest BCUT2D eigenvalue weighted by Crippen LogP contribution is -2.31. The molecule has 0 atom stereocenters. The van der Waals surface area contributed by atoms with Crippen LogP contribution in [0.1, 0.15) is 5.56 Å². The van der Waals surface area contributed by atoms with Crippen LogP contribution in [0.25, 0.3) is 0 Å². The van der Waals surface area contributed by atoms with E-state index in [1.165, 1.54) is 0 Å². The predicted molar refractivity (Wildman–Crippen MR) is 156 cm³/mol. The number of anilines is 4. The number of amides is 2. The maximum absolute atomic E-state index is 14.1. The molecule has 0 bridgehead atoms. The Balaban J connectivity index is 1.70. The lowest BCUT2D eigenvalue weighted by Gasteiger charge is -2.28. The van der Waals surface area contributed by atoms with Gasteiger partial charge in [0.05, 0.1) is 11.4 Å². The van der Waals surface area contributed by atoms with Crippen molar-refractivity contribution in [3.05, 3.63) is 156 Å². The Morgan fingerprint density at radius 2 is 0.865 bits per heavy atom. The van der Waals surface area contributed by atoms with Gasteiger partial charge in [-0.3, -0.25) is 9.80 Å². The van der Waals surface area contributed by atoms with E-state index < -0.39 is 6.03 Å². The van der Waals surface area contributed by atoms with E-state index >= 15 is 0 Å². The van der Waals surface area contributed by atoms with E-state index in [4.69, 9.17) is 4.99 Å². The van der Waals surface area contributed by atoms with E-state index in [-0.39, 0.29) is 0 Å². The highest BCUT2D eigenvalue weighted by Gasteiger charge is 2.23. The molecule has 180 valence electrons. The van der Waals surface area contributed by atoms with Gasteiger partial charge in [0.25, 0.3) is 0 Å². The van der Waals surface area contributed by atoms with Crippen LogP contribution in [0.2, 0.25) is 0 Å². The normalized spacial score (nSPS) is 11.1. The highest BCUT2D eigenvalue weighted by molar-refractivity contribution is 9.10. The predicted octanol–water partition coefficient (Wildman–Crippen LogP) is 8.99. The fraction of sp³-hybridized carbons (Fsp3) is 0. The summed E-state index contributed by atoms with van der Waals surface area (Å²) in [5, 5.41) is 0. The first-order valence-electron chi connectivity index (χ1n) is 11.9. The van der Waals surface area contributed by atoms with Crippen LogP contribution in [0.3, 0.4) is 0 Å². The van der Waals surface area contributed by atoms with Gasteiger partial charge in [0.15, 0.2) is 5.84 Å². The third kappa shape index (κ3) is 5.68. The Hall–Kier alpha value is -4.48. The largest absolute Gasteiger partial charge is 0.354 e. The van der Waals surface area contributed by atoms with Crippen molar-refractivity contribution in [1.29, 1.82) is 0 Å². The summed E-state index contributed by atoms with van der Waals surface area (Å²) in [5.74, 6) is 0.524. The van der Waals surface area contributed by atoms with Crippen LogP contribution in [0, 0.1) is 0 Å². The van der Waals surface area contributed by atoms with Crippen LogP contribution in [0.4, 0.5) is 27.5 Å². The summed E-state index contributed by atoms with van der Waals surface area (Å²) in [5.41, 5.74) is 4.08. The Bertz CT molecular complexity index is 1430. The molecule has 0 saturated heterocycles. The molecule has 0 heterocycles. The highest BCUT2D eigenvalue weighted by Crippen LogP contribution is 2.31. The topological polar surface area (TPSA) is 35.9 Å². The van der Waals surface area contributed by atoms with Crippen LogP contribution in [-0.2, 0) is 0 Å². The zero-order chi connectivity index (χ0) is 25.5. The first-order valence-corrected chi connectivity index (χ1v) is 12.7. The van der Waals surface area contributed by atoms with E-state index in [1.54, 1.807) is 4.90 Å². The molecule has 5 aromatic rings. The van der Waals surface area contributed by atoms with E-state index in [2.05, 4.69) is 15.9 Å². The monoisotopic (exact) mass is 545 g/mol. The molecule has 0 saturated carbocycles. The number of aliphatic imine (C=N–C) groups is 1. The number of nitrogens with zero attached hydrogens (tertiary/aromatic N) is 3. The summed E-state index contributed by atoms with van der Waals surface area (Å²) in [7, 11) is 0. The molecule has 5 rings (SSSR count). The van der Waals surface area contributed by atoms with Crippen molar-refractivity contribution in [3.8, 4) is 0 Å². The molecule has 37 heavy (non-hydrogen) atoms. The zero-order valence-electron chi connectivity index (χ0n) is 20.0. The van der Waals surface area contributed by atoms with Gasteiger partial charge in [-0.25, -0.2) is 4.79 Å². The third-order valence-electron chi connectivity index (χ3n) is 5.76. The van der Waals surface area contributed by atoms with Crippen molar-refractivity contribution in [2.45, 2.75) is 0 Å². The fourth-order valence-electron chi connectivity index (χ4n) is 4.06. The third-order valence-corrected chi connectivity index (χ3v) is 6.29. The molecule has 0 aliphatic heterocycles. The van der Waals surface area contributed by atoms with E-state index in [0.29, 0.717) is 5.84 Å². The maximum atomic E-state index is 14.1. The van der Waals surface area contributed by atoms with Gasteiger partial charge in [-0.1, -0.05) is 101 Å². The van der Waals surface area contributed by atoms with Gasteiger partial charge in [-0.15, -0.1) is 0 Å². The van der Waals surface area contributed by atoms with Gasteiger partial charge in [-0.2, -0.15) is 4.99 Å². The van der Waals surface area contributed by atoms with Gasteiger partial charge in [0.2, 0.25) is 0 Å². The SMILES string of the molecule is O=C(/N=C(\c1ccccc1)N(c1ccccc1)c1ccc(Br)cc1)N(c1ccccc1)c1ccccc1. The second-order valence-corrected chi connectivity index (χ2v) is 9.15. The molecule has 0 spiro atoms. The Labute approximate surface area is 225 Å². The standard InChI is InChI=1S/C32H24BrN3O/c33-26-21-23-30(24-22-26)35(27-15-7-2-8-16-27)31(25-13-5-1-6-14-25)34-32(37)36(28-17-9-3-10-18-28)29-19-11-4-12-20-29/h1-24H/b34-31+. The van der Waals surface area contributed by atoms with Crippen LogP contribution in [-0.4, -0.2) is 11.9 Å². The minimum absolute atomic E-state index is 0.394. The molecule has 5 aromatic carbocycles. The first-order chi connectivity index (χ1) is 18.2. The van der Waals surface area contributed by atoms with Crippen molar-refractivity contribution in [3.63, 3.8) is 0 Å². The van der Waals surface area contributed by atoms with Gasteiger partial charge >= 0.3 is 6.03 Å². The van der Waals surface area contributed by atoms with Crippen molar-refractivity contribution in [2.75, 3.05) is 9.80 Å². The molecule has 0 N–H and O–H groups in total. The second-order valence-electron chi connectivity index (χ2n) is 8.24. The Morgan fingerprint density at radius 1 is 0.486 bits per heavy atom. The molecular weight excluding hydrogens is 522 g/mol. The van der Waals surface area contributed by atoms with Crippen molar-refractivity contribution in [1.82, 2.24) is 0 Å². The van der Waals surface area contributed by atoms with Crippen molar-refractivity contribution >= 4 is 50.5 Å². The molecule has 5 heteroatoms. The summed E-state index contributed by atoms with van der Waals surface area (Å²) >= 11 is 3.53. The summed E-state index contributed by atoms with van der Waals surface area (Å²) in [4.78, 5) is 22.5. The van der Waals surface area contributed by atoms with E-state index in [9.17, 15) is 4.79 Å². The van der Waals surface area contributed by atoms with Crippen molar-refractivity contribution < 1.29 is 4.79 Å². The molecule has 4 nitrogen and oxygen atoms in total. The molecule has 0 fully saturated rings. The van der Waals surface area contributed by atoms with Gasteiger partial charge in [0.1, 0.15) is 0 Å². The molecule has 0 aliphatic rings. The average Bonchev–Trinajstić information content (AvgIpc) is 2.96. The number of carbonyl (C=O) groups is 1. The fourth-order valence-corrected chi connectivity index (χ4v) is 4.32. The molecular formula is C32H24BrN3O. The van der Waals surface area contributed by atoms with Crippen LogP contribution >= 0.6 is 15.9 Å². The molecule has 0 radical (unpaired) electrons. The number of hydrogen-bond acceptors (Lipinski definition) is 1. The quantitative estimate of drug-likeness (QED) is 0.163. The minimum atomic E-state index is -0.394. The van der Waals surface area contributed by atoms with Crippen molar-refractivity contribution in [2.24, 2.45) is 4.99 Å². The number of hydrogen-bond donors (Lipinski definition) is 0. The smallest absolute Gasteiger partial charge is 0.294 e. The van der Waals surface area contributed by atoms with Crippen LogP contribution in [0.5, 0.6) is 0 Å². The van der Waals surface area contributed by atoms with Crippen LogP contribution in [0.15, 0.2) is 155 Å². The summed E-state index contributed by atoms with van der Waals surface area (Å²) < 4.78 is 0.970. The number of benzene rings is 5. The number of urea groups is 1. The molecule has 0 unspecified atom stereocenters. The highest BCUT2D eigenvalue weighted by atomic mass is 79.9. The summed E-state index contributed by atoms with van der Waals surface area (Å²) in [6, 6.07) is 46.5. The zero-order valence-corrected chi connectivity index (χ0v) is 21.6. The Kier molecular flexibility index (Phi) is 7.53. The molecule has 0 aromatic heterocycles. The molecule has 0 aliphatic carbocycles. The van der Waals surface area contributed by atoms with E-state index in [1.807, 2.05) is 150 Å². The molecule has 2 amide bonds. The summed E-state index contributed by atoms with van der Waals surface area (Å²) in [6.45, 7) is 0. The van der Waals surface area contributed by atoms with Gasteiger partial charge in [-0.05, 0) is 60.7 Å². The number of amidine groups is 1. The Morgan fingerprint density at radius 3 is 1.32 bits per heavy atom. The van der Waals surface area contributed by atoms with Crippen LogP contribution < -0.4 is 9.80 Å². The van der Waals surface area contributed by atoms with Gasteiger partial charge < -0.3 is 0 Å². The second kappa shape index (κ2) is 11.5. The lowest BCUT2D eigenvalue weighted by molar-refractivity contribution is 0.256. The lowest BCUT2D eigenvalue weighted by atomic mass is 10.1. The number of para-hydroxylation sites is 3.